The number of likely N-dealkylation sites (N-methyl/N-ethyl adjacent to an activating group) is 1. The first-order chi connectivity index (χ1) is 9.67. The predicted molar refractivity (Wildman–Crippen MR) is 80.6 cm³/mol. The molecule has 0 bridgehead atoms. The van der Waals surface area contributed by atoms with Crippen molar-refractivity contribution < 1.29 is 4.74 Å². The SMILES string of the molecule is CCN(CC)CC(C)n1cncc1C(N)C1CCOC1. The highest BCUT2D eigenvalue weighted by atomic mass is 16.5. The maximum absolute atomic E-state index is 6.42. The highest BCUT2D eigenvalue weighted by Crippen LogP contribution is 2.28. The van der Waals surface area contributed by atoms with E-state index in [9.17, 15) is 0 Å². The minimum absolute atomic E-state index is 0.0270. The molecule has 0 spiro atoms. The van der Waals surface area contributed by atoms with E-state index in [0.717, 1.165) is 45.0 Å². The van der Waals surface area contributed by atoms with Gasteiger partial charge < -0.3 is 19.9 Å². The third-order valence-electron chi connectivity index (χ3n) is 4.40. The minimum Gasteiger partial charge on any atom is -0.381 e. The van der Waals surface area contributed by atoms with E-state index in [1.165, 1.54) is 0 Å². The zero-order valence-corrected chi connectivity index (χ0v) is 13.0. The van der Waals surface area contributed by atoms with Gasteiger partial charge in [0.2, 0.25) is 0 Å². The first-order valence-corrected chi connectivity index (χ1v) is 7.74. The molecule has 3 unspecified atom stereocenters. The van der Waals surface area contributed by atoms with Crippen LogP contribution in [0.3, 0.4) is 0 Å². The Kier molecular flexibility index (Phi) is 5.57. The van der Waals surface area contributed by atoms with E-state index in [4.69, 9.17) is 10.5 Å². The van der Waals surface area contributed by atoms with Gasteiger partial charge in [0.15, 0.2) is 0 Å². The van der Waals surface area contributed by atoms with E-state index < -0.39 is 0 Å². The minimum atomic E-state index is 0.0270. The van der Waals surface area contributed by atoms with Crippen molar-refractivity contribution in [2.75, 3.05) is 32.8 Å². The van der Waals surface area contributed by atoms with Gasteiger partial charge in [0, 0.05) is 31.3 Å². The Bertz CT molecular complexity index is 396. The van der Waals surface area contributed by atoms with Crippen LogP contribution in [0, 0.1) is 5.92 Å². The third-order valence-corrected chi connectivity index (χ3v) is 4.40. The van der Waals surface area contributed by atoms with Crippen LogP contribution in [0.25, 0.3) is 0 Å². The lowest BCUT2D eigenvalue weighted by Gasteiger charge is -2.27. The van der Waals surface area contributed by atoms with Crippen LogP contribution in [0.1, 0.15) is 45.0 Å². The van der Waals surface area contributed by atoms with Crippen LogP contribution in [-0.2, 0) is 4.74 Å². The highest BCUT2D eigenvalue weighted by molar-refractivity contribution is 5.08. The van der Waals surface area contributed by atoms with Crippen LogP contribution in [0.5, 0.6) is 0 Å². The molecular weight excluding hydrogens is 252 g/mol. The van der Waals surface area contributed by atoms with Gasteiger partial charge >= 0.3 is 0 Å². The molecule has 2 rings (SSSR count). The Morgan fingerprint density at radius 3 is 2.85 bits per heavy atom. The van der Waals surface area contributed by atoms with Gasteiger partial charge in [-0.05, 0) is 26.4 Å². The van der Waals surface area contributed by atoms with Gasteiger partial charge in [-0.3, -0.25) is 0 Å². The molecule has 114 valence electrons. The molecule has 0 radical (unpaired) electrons. The molecule has 1 saturated heterocycles. The van der Waals surface area contributed by atoms with Crippen molar-refractivity contribution in [3.63, 3.8) is 0 Å². The summed E-state index contributed by atoms with van der Waals surface area (Å²) in [4.78, 5) is 6.75. The molecular formula is C15H28N4O. The van der Waals surface area contributed by atoms with Crippen LogP contribution in [0.2, 0.25) is 0 Å². The number of rotatable bonds is 7. The van der Waals surface area contributed by atoms with Crippen LogP contribution in [0.15, 0.2) is 12.5 Å². The molecule has 3 atom stereocenters. The number of nitrogens with two attached hydrogens (primary N) is 1. The molecule has 2 heterocycles. The molecule has 5 nitrogen and oxygen atoms in total. The summed E-state index contributed by atoms with van der Waals surface area (Å²) in [6.45, 7) is 11.4. The Morgan fingerprint density at radius 1 is 1.50 bits per heavy atom. The standard InChI is InChI=1S/C15H28N4O/c1-4-18(5-2)9-12(3)19-11-17-8-14(19)15(16)13-6-7-20-10-13/h8,11-13,15H,4-7,9-10,16H2,1-3H3. The molecule has 1 aromatic heterocycles. The van der Waals surface area contributed by atoms with E-state index in [1.807, 2.05) is 12.5 Å². The summed E-state index contributed by atoms with van der Waals surface area (Å²) in [7, 11) is 0. The number of hydrogen-bond donors (Lipinski definition) is 1. The molecule has 2 N–H and O–H groups in total. The first-order valence-electron chi connectivity index (χ1n) is 7.74. The van der Waals surface area contributed by atoms with Gasteiger partial charge in [0.1, 0.15) is 0 Å². The second-order valence-corrected chi connectivity index (χ2v) is 5.71. The van der Waals surface area contributed by atoms with E-state index in [2.05, 4.69) is 35.2 Å². The summed E-state index contributed by atoms with van der Waals surface area (Å²) >= 11 is 0. The molecule has 0 aromatic carbocycles. The van der Waals surface area contributed by atoms with Gasteiger partial charge in [0.05, 0.1) is 24.7 Å². The predicted octanol–water partition coefficient (Wildman–Crippen LogP) is 1.82. The number of aromatic nitrogens is 2. The van der Waals surface area contributed by atoms with E-state index in [-0.39, 0.29) is 6.04 Å². The maximum Gasteiger partial charge on any atom is 0.0951 e. The van der Waals surface area contributed by atoms with Gasteiger partial charge in [0.25, 0.3) is 0 Å². The largest absolute Gasteiger partial charge is 0.381 e. The van der Waals surface area contributed by atoms with Crippen LogP contribution >= 0.6 is 0 Å². The number of nitrogens with zero attached hydrogens (tertiary/aromatic N) is 3. The number of hydrogen-bond acceptors (Lipinski definition) is 4. The molecule has 0 amide bonds. The summed E-state index contributed by atoms with van der Waals surface area (Å²) in [6.07, 6.45) is 4.89. The summed E-state index contributed by atoms with van der Waals surface area (Å²) < 4.78 is 7.70. The Balaban J connectivity index is 2.06. The third kappa shape index (κ3) is 3.40. The normalized spacial score (nSPS) is 22.4. The van der Waals surface area contributed by atoms with E-state index in [1.54, 1.807) is 0 Å². The van der Waals surface area contributed by atoms with Gasteiger partial charge in [-0.25, -0.2) is 4.98 Å². The topological polar surface area (TPSA) is 56.3 Å². The van der Waals surface area contributed by atoms with Crippen molar-refractivity contribution in [2.24, 2.45) is 11.7 Å². The average molecular weight is 280 g/mol. The quantitative estimate of drug-likeness (QED) is 0.828. The lowest BCUT2D eigenvalue weighted by atomic mass is 9.97. The molecule has 1 aromatic rings. The maximum atomic E-state index is 6.42. The lowest BCUT2D eigenvalue weighted by molar-refractivity contribution is 0.179. The molecule has 0 aliphatic carbocycles. The van der Waals surface area contributed by atoms with Crippen molar-refractivity contribution in [2.45, 2.75) is 39.3 Å². The molecule has 5 heteroatoms. The summed E-state index contributed by atoms with van der Waals surface area (Å²) in [5.74, 6) is 0.422. The highest BCUT2D eigenvalue weighted by Gasteiger charge is 2.27. The van der Waals surface area contributed by atoms with Crippen molar-refractivity contribution in [3.05, 3.63) is 18.2 Å². The van der Waals surface area contributed by atoms with Gasteiger partial charge in [-0.1, -0.05) is 13.8 Å². The van der Waals surface area contributed by atoms with Crippen molar-refractivity contribution in [1.29, 1.82) is 0 Å². The zero-order valence-electron chi connectivity index (χ0n) is 13.0. The van der Waals surface area contributed by atoms with Crippen molar-refractivity contribution in [3.8, 4) is 0 Å². The van der Waals surface area contributed by atoms with E-state index in [0.29, 0.717) is 12.0 Å². The van der Waals surface area contributed by atoms with Crippen LogP contribution in [0.4, 0.5) is 0 Å². The zero-order chi connectivity index (χ0) is 14.5. The van der Waals surface area contributed by atoms with E-state index >= 15 is 0 Å². The lowest BCUT2D eigenvalue weighted by Crippen LogP contribution is -2.31. The fourth-order valence-electron chi connectivity index (χ4n) is 2.96. The number of imidazole rings is 1. The summed E-state index contributed by atoms with van der Waals surface area (Å²) in [5.41, 5.74) is 7.56. The number of ether oxygens (including phenoxy) is 1. The molecule has 1 aliphatic rings. The average Bonchev–Trinajstić information content (AvgIpc) is 3.13. The second kappa shape index (κ2) is 7.20. The molecule has 20 heavy (non-hydrogen) atoms. The molecule has 1 fully saturated rings. The Morgan fingerprint density at radius 2 is 2.25 bits per heavy atom. The monoisotopic (exact) mass is 280 g/mol. The second-order valence-electron chi connectivity index (χ2n) is 5.71. The molecule has 1 aliphatic heterocycles. The van der Waals surface area contributed by atoms with Gasteiger partial charge in [-0.15, -0.1) is 0 Å². The van der Waals surface area contributed by atoms with Gasteiger partial charge in [-0.2, -0.15) is 0 Å². The fourth-order valence-corrected chi connectivity index (χ4v) is 2.96. The van der Waals surface area contributed by atoms with Crippen LogP contribution in [-0.4, -0.2) is 47.3 Å². The first kappa shape index (κ1) is 15.5. The Hall–Kier alpha value is -0.910. The van der Waals surface area contributed by atoms with Crippen molar-refractivity contribution in [1.82, 2.24) is 14.5 Å². The summed E-state index contributed by atoms with van der Waals surface area (Å²) in [5, 5.41) is 0. The smallest absolute Gasteiger partial charge is 0.0951 e. The fraction of sp³-hybridized carbons (Fsp3) is 0.800. The molecule has 0 saturated carbocycles. The Labute approximate surface area is 122 Å². The van der Waals surface area contributed by atoms with Crippen LogP contribution < -0.4 is 5.73 Å². The summed E-state index contributed by atoms with van der Waals surface area (Å²) in [6, 6.07) is 0.417. The van der Waals surface area contributed by atoms with Crippen molar-refractivity contribution >= 4 is 0 Å².